The van der Waals surface area contributed by atoms with Crippen molar-refractivity contribution in [1.29, 1.82) is 0 Å². The highest BCUT2D eigenvalue weighted by atomic mass is 79.9. The van der Waals surface area contributed by atoms with Crippen molar-refractivity contribution in [3.8, 4) is 5.75 Å². The summed E-state index contributed by atoms with van der Waals surface area (Å²) in [7, 11) is 1.54. The van der Waals surface area contributed by atoms with Gasteiger partial charge in [-0.1, -0.05) is 0 Å². The lowest BCUT2D eigenvalue weighted by Crippen LogP contribution is -1.96. The number of ether oxygens (including phenoxy) is 1. The first kappa shape index (κ1) is 10.2. The predicted octanol–water partition coefficient (Wildman–Crippen LogP) is 3.41. The summed E-state index contributed by atoms with van der Waals surface area (Å²) in [6, 6.07) is 5.32. The van der Waals surface area contributed by atoms with Gasteiger partial charge in [0.25, 0.3) is 0 Å². The van der Waals surface area contributed by atoms with Crippen LogP contribution in [0.15, 0.2) is 27.3 Å². The molecule has 0 N–H and O–H groups in total. The van der Waals surface area contributed by atoms with E-state index in [0.717, 1.165) is 5.39 Å². The van der Waals surface area contributed by atoms with Crippen molar-refractivity contribution in [2.45, 2.75) is 6.92 Å². The lowest BCUT2D eigenvalue weighted by atomic mass is 10.1. The standard InChI is InChI=1S/C11H9BrO3/c1-6(13)8-5-9-7(3-10(8)14-2)4-11(12)15-9/h3-5H,1-2H3. The summed E-state index contributed by atoms with van der Waals surface area (Å²) in [6.07, 6.45) is 0. The molecule has 4 heteroatoms. The van der Waals surface area contributed by atoms with E-state index < -0.39 is 0 Å². The number of fused-ring (bicyclic) bond motifs is 1. The fourth-order valence-electron chi connectivity index (χ4n) is 1.48. The maximum atomic E-state index is 11.3. The van der Waals surface area contributed by atoms with Gasteiger partial charge in [0.2, 0.25) is 0 Å². The van der Waals surface area contributed by atoms with Crippen LogP contribution in [0, 0.1) is 0 Å². The van der Waals surface area contributed by atoms with Crippen molar-refractivity contribution < 1.29 is 13.9 Å². The predicted molar refractivity (Wildman–Crippen MR) is 60.5 cm³/mol. The van der Waals surface area contributed by atoms with Crippen LogP contribution in [-0.2, 0) is 0 Å². The van der Waals surface area contributed by atoms with Crippen LogP contribution in [0.4, 0.5) is 0 Å². The molecule has 0 aliphatic rings. The largest absolute Gasteiger partial charge is 0.496 e. The lowest BCUT2D eigenvalue weighted by molar-refractivity contribution is 0.101. The molecule has 15 heavy (non-hydrogen) atoms. The van der Waals surface area contributed by atoms with Gasteiger partial charge in [0.15, 0.2) is 10.5 Å². The summed E-state index contributed by atoms with van der Waals surface area (Å²) in [5, 5.41) is 0.906. The number of rotatable bonds is 2. The van der Waals surface area contributed by atoms with E-state index in [1.54, 1.807) is 19.2 Å². The molecule has 78 valence electrons. The van der Waals surface area contributed by atoms with Crippen molar-refractivity contribution in [1.82, 2.24) is 0 Å². The minimum Gasteiger partial charge on any atom is -0.496 e. The number of methoxy groups -OCH3 is 1. The zero-order chi connectivity index (χ0) is 11.0. The molecular formula is C11H9BrO3. The average molecular weight is 269 g/mol. The van der Waals surface area contributed by atoms with Crippen molar-refractivity contribution >= 4 is 32.7 Å². The molecule has 0 aliphatic heterocycles. The summed E-state index contributed by atoms with van der Waals surface area (Å²) < 4.78 is 11.2. The number of Topliss-reactive ketones (excluding diaryl/α,β-unsaturated/α-hetero) is 1. The van der Waals surface area contributed by atoms with Crippen LogP contribution in [0.3, 0.4) is 0 Å². The van der Waals surface area contributed by atoms with E-state index in [1.165, 1.54) is 6.92 Å². The zero-order valence-corrected chi connectivity index (χ0v) is 9.92. The molecular weight excluding hydrogens is 260 g/mol. The number of benzene rings is 1. The Morgan fingerprint density at radius 2 is 2.13 bits per heavy atom. The molecule has 3 nitrogen and oxygen atoms in total. The highest BCUT2D eigenvalue weighted by Gasteiger charge is 2.12. The zero-order valence-electron chi connectivity index (χ0n) is 8.33. The van der Waals surface area contributed by atoms with Gasteiger partial charge in [0.1, 0.15) is 11.3 Å². The van der Waals surface area contributed by atoms with E-state index in [1.807, 2.05) is 6.07 Å². The minimum atomic E-state index is -0.0405. The Labute approximate surface area is 95.1 Å². The summed E-state index contributed by atoms with van der Waals surface area (Å²) >= 11 is 3.24. The third-order valence-electron chi connectivity index (χ3n) is 2.19. The van der Waals surface area contributed by atoms with E-state index in [4.69, 9.17) is 9.15 Å². The Morgan fingerprint density at radius 1 is 1.40 bits per heavy atom. The van der Waals surface area contributed by atoms with Gasteiger partial charge in [-0.05, 0) is 41.1 Å². The molecule has 0 aliphatic carbocycles. The van der Waals surface area contributed by atoms with Gasteiger partial charge in [-0.3, -0.25) is 4.79 Å². The van der Waals surface area contributed by atoms with Crippen molar-refractivity contribution in [3.05, 3.63) is 28.4 Å². The average Bonchev–Trinajstić information content (AvgIpc) is 2.54. The van der Waals surface area contributed by atoms with Gasteiger partial charge in [-0.15, -0.1) is 0 Å². The van der Waals surface area contributed by atoms with Crippen LogP contribution in [0.25, 0.3) is 11.0 Å². The molecule has 2 aromatic rings. The molecule has 1 aromatic heterocycles. The molecule has 0 spiro atoms. The monoisotopic (exact) mass is 268 g/mol. The van der Waals surface area contributed by atoms with Gasteiger partial charge < -0.3 is 9.15 Å². The number of carbonyl (C=O) groups excluding carboxylic acids is 1. The highest BCUT2D eigenvalue weighted by molar-refractivity contribution is 9.10. The highest BCUT2D eigenvalue weighted by Crippen LogP contribution is 2.30. The smallest absolute Gasteiger partial charge is 0.170 e. The summed E-state index contributed by atoms with van der Waals surface area (Å²) in [5.41, 5.74) is 1.21. The fourth-order valence-corrected chi connectivity index (χ4v) is 1.90. The van der Waals surface area contributed by atoms with Crippen LogP contribution in [0.5, 0.6) is 5.75 Å². The van der Waals surface area contributed by atoms with E-state index in [9.17, 15) is 4.79 Å². The van der Waals surface area contributed by atoms with Gasteiger partial charge in [0, 0.05) is 5.39 Å². The second kappa shape index (κ2) is 3.70. The van der Waals surface area contributed by atoms with Crippen LogP contribution >= 0.6 is 15.9 Å². The maximum absolute atomic E-state index is 11.3. The molecule has 1 heterocycles. The third kappa shape index (κ3) is 1.77. The Bertz CT molecular complexity index is 528. The minimum absolute atomic E-state index is 0.0405. The van der Waals surface area contributed by atoms with Gasteiger partial charge in [-0.2, -0.15) is 0 Å². The number of hydrogen-bond donors (Lipinski definition) is 0. The number of hydrogen-bond acceptors (Lipinski definition) is 3. The van der Waals surface area contributed by atoms with Crippen molar-refractivity contribution in [2.75, 3.05) is 7.11 Å². The molecule has 0 fully saturated rings. The second-order valence-electron chi connectivity index (χ2n) is 3.20. The first-order chi connectivity index (χ1) is 7.11. The third-order valence-corrected chi connectivity index (χ3v) is 2.58. The molecule has 0 unspecified atom stereocenters. The second-order valence-corrected chi connectivity index (χ2v) is 3.98. The first-order valence-corrected chi connectivity index (χ1v) is 5.19. The molecule has 0 saturated heterocycles. The normalized spacial score (nSPS) is 10.6. The topological polar surface area (TPSA) is 39.4 Å². The molecule has 0 atom stereocenters. The number of ketones is 1. The summed E-state index contributed by atoms with van der Waals surface area (Å²) in [4.78, 5) is 11.3. The van der Waals surface area contributed by atoms with Crippen molar-refractivity contribution in [2.24, 2.45) is 0 Å². The van der Waals surface area contributed by atoms with Crippen LogP contribution < -0.4 is 4.74 Å². The number of furan rings is 1. The van der Waals surface area contributed by atoms with Gasteiger partial charge >= 0.3 is 0 Å². The van der Waals surface area contributed by atoms with Crippen LogP contribution in [0.1, 0.15) is 17.3 Å². The molecule has 0 bridgehead atoms. The van der Waals surface area contributed by atoms with Gasteiger partial charge in [0.05, 0.1) is 12.7 Å². The SMILES string of the molecule is COc1cc2cc(Br)oc2cc1C(C)=O. The first-order valence-electron chi connectivity index (χ1n) is 4.40. The maximum Gasteiger partial charge on any atom is 0.170 e. The van der Waals surface area contributed by atoms with Crippen molar-refractivity contribution in [3.63, 3.8) is 0 Å². The number of carbonyl (C=O) groups is 1. The Hall–Kier alpha value is -1.29. The van der Waals surface area contributed by atoms with Crippen LogP contribution in [0.2, 0.25) is 0 Å². The van der Waals surface area contributed by atoms with Crippen LogP contribution in [-0.4, -0.2) is 12.9 Å². The van der Waals surface area contributed by atoms with Gasteiger partial charge in [-0.25, -0.2) is 0 Å². The Balaban J connectivity index is 2.73. The molecule has 0 amide bonds. The van der Waals surface area contributed by atoms with E-state index in [0.29, 0.717) is 21.6 Å². The molecule has 2 rings (SSSR count). The Kier molecular flexibility index (Phi) is 2.52. The van der Waals surface area contributed by atoms with E-state index >= 15 is 0 Å². The fraction of sp³-hybridized carbons (Fsp3) is 0.182. The molecule has 0 saturated carbocycles. The van der Waals surface area contributed by atoms with E-state index in [-0.39, 0.29) is 5.78 Å². The number of halogens is 1. The quantitative estimate of drug-likeness (QED) is 0.784. The Morgan fingerprint density at radius 3 is 2.73 bits per heavy atom. The molecule has 0 radical (unpaired) electrons. The molecule has 1 aromatic carbocycles. The summed E-state index contributed by atoms with van der Waals surface area (Å²) in [5.74, 6) is 0.532. The van der Waals surface area contributed by atoms with E-state index in [2.05, 4.69) is 15.9 Å². The lowest BCUT2D eigenvalue weighted by Gasteiger charge is -2.04. The summed E-state index contributed by atoms with van der Waals surface area (Å²) in [6.45, 7) is 1.50.